The van der Waals surface area contributed by atoms with Crippen molar-refractivity contribution in [3.63, 3.8) is 0 Å². The number of anilines is 2. The van der Waals surface area contributed by atoms with E-state index < -0.39 is 5.91 Å². The highest BCUT2D eigenvalue weighted by Crippen LogP contribution is 2.19. The topological polar surface area (TPSA) is 111 Å². The molecule has 21 heavy (non-hydrogen) atoms. The normalized spacial score (nSPS) is 9.86. The maximum Gasteiger partial charge on any atom is 0.260 e. The number of ether oxygens (including phenoxy) is 2. The van der Waals surface area contributed by atoms with E-state index in [1.54, 1.807) is 24.3 Å². The van der Waals surface area contributed by atoms with E-state index in [1.165, 1.54) is 20.3 Å². The zero-order valence-electron chi connectivity index (χ0n) is 11.6. The second kappa shape index (κ2) is 6.53. The molecule has 2 rings (SSSR count). The van der Waals surface area contributed by atoms with Crippen LogP contribution in [0.1, 0.15) is 10.4 Å². The number of nitrogens with two attached hydrogens (primary N) is 1. The Kier molecular flexibility index (Phi) is 4.52. The number of amides is 1. The molecule has 8 nitrogen and oxygen atoms in total. The van der Waals surface area contributed by atoms with Crippen LogP contribution in [0.5, 0.6) is 11.8 Å². The van der Waals surface area contributed by atoms with E-state index in [0.29, 0.717) is 11.3 Å². The van der Waals surface area contributed by atoms with E-state index >= 15 is 0 Å². The van der Waals surface area contributed by atoms with Gasteiger partial charge in [-0.3, -0.25) is 16.0 Å². The molecule has 1 heterocycles. The summed E-state index contributed by atoms with van der Waals surface area (Å²) >= 11 is 0. The Balaban J connectivity index is 2.27. The van der Waals surface area contributed by atoms with Crippen LogP contribution in [0.4, 0.5) is 11.6 Å². The molecule has 0 aliphatic carbocycles. The minimum atomic E-state index is -0.404. The Morgan fingerprint density at radius 3 is 2.33 bits per heavy atom. The highest BCUT2D eigenvalue weighted by molar-refractivity contribution is 6.07. The van der Waals surface area contributed by atoms with E-state index in [9.17, 15) is 4.79 Å². The lowest BCUT2D eigenvalue weighted by molar-refractivity contribution is 0.102. The second-order valence-electron chi connectivity index (χ2n) is 3.92. The van der Waals surface area contributed by atoms with Gasteiger partial charge >= 0.3 is 0 Å². The summed E-state index contributed by atoms with van der Waals surface area (Å²) < 4.78 is 10.0. The van der Waals surface area contributed by atoms with Crippen LogP contribution < -0.4 is 26.1 Å². The SMILES string of the molecule is COc1cc(OC)nc(NC(=O)c2ccccc2NN)n1. The molecule has 1 aromatic heterocycles. The molecule has 1 amide bonds. The third-order valence-electron chi connectivity index (χ3n) is 2.65. The summed E-state index contributed by atoms with van der Waals surface area (Å²) in [5.41, 5.74) is 3.31. The number of hydrogen-bond acceptors (Lipinski definition) is 7. The van der Waals surface area contributed by atoms with Crippen molar-refractivity contribution in [2.24, 2.45) is 5.84 Å². The zero-order chi connectivity index (χ0) is 15.2. The van der Waals surface area contributed by atoms with Crippen LogP contribution >= 0.6 is 0 Å². The van der Waals surface area contributed by atoms with Crippen LogP contribution in [0.15, 0.2) is 30.3 Å². The third kappa shape index (κ3) is 3.37. The van der Waals surface area contributed by atoms with E-state index in [1.807, 2.05) is 0 Å². The molecule has 110 valence electrons. The number of nitrogen functional groups attached to an aromatic ring is 1. The fourth-order valence-corrected chi connectivity index (χ4v) is 1.64. The third-order valence-corrected chi connectivity index (χ3v) is 2.65. The van der Waals surface area contributed by atoms with Crippen LogP contribution in [0.2, 0.25) is 0 Å². The molecular weight excluding hydrogens is 274 g/mol. The molecule has 8 heteroatoms. The summed E-state index contributed by atoms with van der Waals surface area (Å²) in [6, 6.07) is 8.30. The Morgan fingerprint density at radius 1 is 1.14 bits per heavy atom. The summed E-state index contributed by atoms with van der Waals surface area (Å²) in [5, 5.41) is 2.57. The van der Waals surface area contributed by atoms with Gasteiger partial charge in [0.25, 0.3) is 5.91 Å². The van der Waals surface area contributed by atoms with Crippen molar-refractivity contribution < 1.29 is 14.3 Å². The summed E-state index contributed by atoms with van der Waals surface area (Å²) in [6.07, 6.45) is 0. The standard InChI is InChI=1S/C13H15N5O3/c1-20-10-7-11(21-2)16-13(15-10)17-12(19)8-5-3-4-6-9(8)18-14/h3-7,18H,14H2,1-2H3,(H,15,16,17,19). The average molecular weight is 289 g/mol. The van der Waals surface area contributed by atoms with Crippen LogP contribution in [0.3, 0.4) is 0 Å². The van der Waals surface area contributed by atoms with Gasteiger partial charge in [0.2, 0.25) is 17.7 Å². The Hall–Kier alpha value is -2.87. The summed E-state index contributed by atoms with van der Waals surface area (Å²) in [4.78, 5) is 20.3. The molecule has 0 aliphatic rings. The van der Waals surface area contributed by atoms with Gasteiger partial charge in [0.05, 0.1) is 31.5 Å². The van der Waals surface area contributed by atoms with Crippen molar-refractivity contribution in [1.29, 1.82) is 0 Å². The zero-order valence-corrected chi connectivity index (χ0v) is 11.6. The number of rotatable bonds is 5. The van der Waals surface area contributed by atoms with Crippen molar-refractivity contribution in [3.05, 3.63) is 35.9 Å². The summed E-state index contributed by atoms with van der Waals surface area (Å²) in [7, 11) is 2.92. The van der Waals surface area contributed by atoms with Gasteiger partial charge in [-0.05, 0) is 12.1 Å². The van der Waals surface area contributed by atoms with Gasteiger partial charge in [-0.25, -0.2) is 0 Å². The monoisotopic (exact) mass is 289 g/mol. The molecule has 0 bridgehead atoms. The minimum absolute atomic E-state index is 0.0722. The van der Waals surface area contributed by atoms with Crippen molar-refractivity contribution in [3.8, 4) is 11.8 Å². The quantitative estimate of drug-likeness (QED) is 0.556. The first-order valence-electron chi connectivity index (χ1n) is 6.02. The molecule has 0 spiro atoms. The molecule has 0 unspecified atom stereocenters. The van der Waals surface area contributed by atoms with Crippen LogP contribution in [-0.2, 0) is 0 Å². The molecule has 0 fully saturated rings. The number of hydrogen-bond donors (Lipinski definition) is 3. The van der Waals surface area contributed by atoms with Gasteiger partial charge in [0.15, 0.2) is 0 Å². The molecule has 0 aliphatic heterocycles. The van der Waals surface area contributed by atoms with Crippen molar-refractivity contribution in [2.75, 3.05) is 25.0 Å². The average Bonchev–Trinajstić information content (AvgIpc) is 2.54. The van der Waals surface area contributed by atoms with Crippen LogP contribution in [0, 0.1) is 0 Å². The molecule has 0 atom stereocenters. The maximum atomic E-state index is 12.2. The molecular formula is C13H15N5O3. The second-order valence-corrected chi connectivity index (χ2v) is 3.92. The molecule has 0 saturated heterocycles. The number of methoxy groups -OCH3 is 2. The van der Waals surface area contributed by atoms with E-state index in [4.69, 9.17) is 15.3 Å². The number of nitrogens with zero attached hydrogens (tertiary/aromatic N) is 2. The van der Waals surface area contributed by atoms with E-state index in [2.05, 4.69) is 20.7 Å². The van der Waals surface area contributed by atoms with Crippen molar-refractivity contribution in [2.45, 2.75) is 0 Å². The van der Waals surface area contributed by atoms with Gasteiger partial charge in [0.1, 0.15) is 0 Å². The largest absolute Gasteiger partial charge is 0.481 e. The van der Waals surface area contributed by atoms with E-state index in [-0.39, 0.29) is 17.7 Å². The predicted octanol–water partition coefficient (Wildman–Crippen LogP) is 1.03. The Labute approximate surface area is 121 Å². The fraction of sp³-hybridized carbons (Fsp3) is 0.154. The van der Waals surface area contributed by atoms with Gasteiger partial charge < -0.3 is 14.9 Å². The summed E-state index contributed by atoms with van der Waals surface area (Å²) in [6.45, 7) is 0. The first kappa shape index (κ1) is 14.5. The Morgan fingerprint density at radius 2 is 1.76 bits per heavy atom. The first-order chi connectivity index (χ1) is 10.2. The predicted molar refractivity (Wildman–Crippen MR) is 77.3 cm³/mol. The first-order valence-corrected chi connectivity index (χ1v) is 6.02. The van der Waals surface area contributed by atoms with Gasteiger partial charge in [-0.1, -0.05) is 12.1 Å². The highest BCUT2D eigenvalue weighted by atomic mass is 16.5. The fourth-order valence-electron chi connectivity index (χ4n) is 1.64. The molecule has 4 N–H and O–H groups in total. The number of hydrazine groups is 1. The lowest BCUT2D eigenvalue weighted by Crippen LogP contribution is -2.18. The number of nitrogens with one attached hydrogen (secondary N) is 2. The molecule has 0 radical (unpaired) electrons. The Bertz CT molecular complexity index is 625. The van der Waals surface area contributed by atoms with Crippen LogP contribution in [-0.4, -0.2) is 30.1 Å². The maximum absolute atomic E-state index is 12.2. The number of carbonyl (C=O) groups is 1. The number of aromatic nitrogens is 2. The lowest BCUT2D eigenvalue weighted by Gasteiger charge is -2.10. The lowest BCUT2D eigenvalue weighted by atomic mass is 10.1. The summed E-state index contributed by atoms with van der Waals surface area (Å²) in [5.74, 6) is 5.60. The molecule has 1 aromatic carbocycles. The van der Waals surface area contributed by atoms with E-state index in [0.717, 1.165) is 0 Å². The minimum Gasteiger partial charge on any atom is -0.481 e. The number of carbonyl (C=O) groups excluding carboxylic acids is 1. The smallest absolute Gasteiger partial charge is 0.260 e. The van der Waals surface area contributed by atoms with Crippen molar-refractivity contribution in [1.82, 2.24) is 9.97 Å². The van der Waals surface area contributed by atoms with Crippen molar-refractivity contribution >= 4 is 17.5 Å². The number of benzene rings is 1. The number of para-hydroxylation sites is 1. The molecule has 0 saturated carbocycles. The highest BCUT2D eigenvalue weighted by Gasteiger charge is 2.13. The van der Waals surface area contributed by atoms with Gasteiger partial charge in [0, 0.05) is 0 Å². The van der Waals surface area contributed by atoms with Gasteiger partial charge in [-0.15, -0.1) is 0 Å². The molecule has 2 aromatic rings. The van der Waals surface area contributed by atoms with Crippen LogP contribution in [0.25, 0.3) is 0 Å². The van der Waals surface area contributed by atoms with Gasteiger partial charge in [-0.2, -0.15) is 9.97 Å².